The van der Waals surface area contributed by atoms with Gasteiger partial charge in [0, 0.05) is 5.69 Å². The van der Waals surface area contributed by atoms with Gasteiger partial charge in [0.2, 0.25) is 10.0 Å². The van der Waals surface area contributed by atoms with Gasteiger partial charge in [-0.1, -0.05) is 0 Å². The van der Waals surface area contributed by atoms with Gasteiger partial charge in [-0.05, 0) is 18.2 Å². The Balaban J connectivity index is 3.15. The molecular weight excluding hydrogens is 220 g/mol. The molecule has 0 spiro atoms. The molecule has 0 fully saturated rings. The van der Waals surface area contributed by atoms with Crippen molar-refractivity contribution in [3.05, 3.63) is 18.2 Å². The Morgan fingerprint density at radius 3 is 2.60 bits per heavy atom. The van der Waals surface area contributed by atoms with Crippen molar-refractivity contribution in [2.75, 3.05) is 18.9 Å². The van der Waals surface area contributed by atoms with Crippen LogP contribution in [-0.4, -0.2) is 26.7 Å². The SMILES string of the molecule is Nc1ccc(OCCO)c(S(N)(=O)=O)c1. The summed E-state index contributed by atoms with van der Waals surface area (Å²) in [5, 5.41) is 13.5. The van der Waals surface area contributed by atoms with E-state index in [1.54, 1.807) is 0 Å². The maximum Gasteiger partial charge on any atom is 0.241 e. The molecule has 6 nitrogen and oxygen atoms in total. The first-order valence-corrected chi connectivity index (χ1v) is 5.66. The molecule has 0 unspecified atom stereocenters. The molecule has 15 heavy (non-hydrogen) atoms. The van der Waals surface area contributed by atoms with Gasteiger partial charge < -0.3 is 15.6 Å². The molecule has 0 heterocycles. The van der Waals surface area contributed by atoms with Gasteiger partial charge in [0.05, 0.1) is 6.61 Å². The van der Waals surface area contributed by atoms with Crippen molar-refractivity contribution in [3.63, 3.8) is 0 Å². The molecule has 0 saturated carbocycles. The second-order valence-corrected chi connectivity index (χ2v) is 4.35. The summed E-state index contributed by atoms with van der Waals surface area (Å²) >= 11 is 0. The number of aliphatic hydroxyl groups excluding tert-OH is 1. The summed E-state index contributed by atoms with van der Waals surface area (Å²) < 4.78 is 27.3. The Bertz CT molecular complexity index is 444. The minimum absolute atomic E-state index is 0.00750. The van der Waals surface area contributed by atoms with Crippen LogP contribution in [0.3, 0.4) is 0 Å². The van der Waals surface area contributed by atoms with Crippen LogP contribution in [0.5, 0.6) is 5.75 Å². The van der Waals surface area contributed by atoms with Crippen molar-refractivity contribution in [3.8, 4) is 5.75 Å². The Morgan fingerprint density at radius 2 is 2.07 bits per heavy atom. The molecule has 1 aromatic rings. The maximum atomic E-state index is 11.1. The largest absolute Gasteiger partial charge is 0.490 e. The highest BCUT2D eigenvalue weighted by Gasteiger charge is 2.15. The Labute approximate surface area is 87.5 Å². The molecule has 0 atom stereocenters. The molecule has 0 amide bonds. The molecular formula is C8H12N2O4S. The molecule has 84 valence electrons. The van der Waals surface area contributed by atoms with Crippen molar-refractivity contribution in [2.24, 2.45) is 5.14 Å². The average Bonchev–Trinajstić information content (AvgIpc) is 2.14. The van der Waals surface area contributed by atoms with E-state index in [0.29, 0.717) is 0 Å². The molecule has 0 bridgehead atoms. The quantitative estimate of drug-likeness (QED) is 0.593. The lowest BCUT2D eigenvalue weighted by Gasteiger charge is -2.09. The number of rotatable bonds is 4. The van der Waals surface area contributed by atoms with E-state index in [0.717, 1.165) is 0 Å². The van der Waals surface area contributed by atoms with Crippen LogP contribution in [0.4, 0.5) is 5.69 Å². The van der Waals surface area contributed by atoms with E-state index in [9.17, 15) is 8.42 Å². The van der Waals surface area contributed by atoms with Crippen molar-refractivity contribution in [1.82, 2.24) is 0 Å². The standard InChI is InChI=1S/C8H12N2O4S/c9-6-1-2-7(14-4-3-11)8(5-6)15(10,12)13/h1-2,5,11H,3-4,9H2,(H2,10,12,13). The van der Waals surface area contributed by atoms with Gasteiger partial charge in [-0.3, -0.25) is 0 Å². The van der Waals surface area contributed by atoms with Crippen LogP contribution in [0.25, 0.3) is 0 Å². The monoisotopic (exact) mass is 232 g/mol. The molecule has 7 heteroatoms. The summed E-state index contributed by atoms with van der Waals surface area (Å²) in [6, 6.07) is 4.09. The van der Waals surface area contributed by atoms with Gasteiger partial charge in [0.15, 0.2) is 0 Å². The summed E-state index contributed by atoms with van der Waals surface area (Å²) in [5.74, 6) is 0.0840. The molecule has 0 saturated heterocycles. The molecule has 0 aliphatic carbocycles. The molecule has 0 aliphatic rings. The number of sulfonamides is 1. The Morgan fingerprint density at radius 1 is 1.40 bits per heavy atom. The van der Waals surface area contributed by atoms with Crippen LogP contribution in [0.15, 0.2) is 23.1 Å². The summed E-state index contributed by atoms with van der Waals surface area (Å²) in [6.07, 6.45) is 0. The van der Waals surface area contributed by atoms with Gasteiger partial charge in [0.25, 0.3) is 0 Å². The lowest BCUT2D eigenvalue weighted by molar-refractivity contribution is 0.198. The minimum atomic E-state index is -3.87. The van der Waals surface area contributed by atoms with Crippen LogP contribution >= 0.6 is 0 Å². The highest BCUT2D eigenvalue weighted by Crippen LogP contribution is 2.24. The van der Waals surface area contributed by atoms with Gasteiger partial charge in [0.1, 0.15) is 17.3 Å². The molecule has 1 rings (SSSR count). The van der Waals surface area contributed by atoms with Crippen LogP contribution in [0, 0.1) is 0 Å². The number of primary sulfonamides is 1. The topological polar surface area (TPSA) is 116 Å². The van der Waals surface area contributed by atoms with Crippen LogP contribution < -0.4 is 15.6 Å². The van der Waals surface area contributed by atoms with E-state index >= 15 is 0 Å². The highest BCUT2D eigenvalue weighted by molar-refractivity contribution is 7.89. The Hall–Kier alpha value is -1.31. The zero-order valence-electron chi connectivity index (χ0n) is 7.88. The number of ether oxygens (including phenoxy) is 1. The normalized spacial score (nSPS) is 11.3. The first-order valence-electron chi connectivity index (χ1n) is 4.11. The van der Waals surface area contributed by atoms with E-state index in [2.05, 4.69) is 0 Å². The molecule has 0 aliphatic heterocycles. The van der Waals surface area contributed by atoms with Gasteiger partial charge in [-0.15, -0.1) is 0 Å². The smallest absolute Gasteiger partial charge is 0.241 e. The third-order valence-corrected chi connectivity index (χ3v) is 2.56. The Kier molecular flexibility index (Phi) is 3.51. The van der Waals surface area contributed by atoms with Crippen molar-refractivity contribution < 1.29 is 18.3 Å². The number of nitrogen functional groups attached to an aromatic ring is 1. The predicted octanol–water partition coefficient (Wildman–Crippen LogP) is -0.713. The second kappa shape index (κ2) is 4.47. The highest BCUT2D eigenvalue weighted by atomic mass is 32.2. The lowest BCUT2D eigenvalue weighted by Crippen LogP contribution is -2.15. The zero-order chi connectivity index (χ0) is 11.5. The lowest BCUT2D eigenvalue weighted by atomic mass is 10.3. The molecule has 1 aromatic carbocycles. The number of hydrogen-bond acceptors (Lipinski definition) is 5. The fraction of sp³-hybridized carbons (Fsp3) is 0.250. The molecule has 0 radical (unpaired) electrons. The number of aliphatic hydroxyl groups is 1. The third kappa shape index (κ3) is 3.08. The molecule has 0 aromatic heterocycles. The average molecular weight is 232 g/mol. The first-order chi connectivity index (χ1) is 6.95. The predicted molar refractivity (Wildman–Crippen MR) is 54.8 cm³/mol. The van der Waals surface area contributed by atoms with Crippen molar-refractivity contribution in [2.45, 2.75) is 4.90 Å². The van der Waals surface area contributed by atoms with Crippen molar-refractivity contribution in [1.29, 1.82) is 0 Å². The van der Waals surface area contributed by atoms with E-state index < -0.39 is 10.0 Å². The summed E-state index contributed by atoms with van der Waals surface area (Å²) in [4.78, 5) is -0.184. The van der Waals surface area contributed by atoms with Gasteiger partial charge >= 0.3 is 0 Å². The summed E-state index contributed by atoms with van der Waals surface area (Å²) in [7, 11) is -3.87. The minimum Gasteiger partial charge on any atom is -0.490 e. The van der Waals surface area contributed by atoms with E-state index in [-0.39, 0.29) is 29.5 Å². The van der Waals surface area contributed by atoms with E-state index in [1.807, 2.05) is 0 Å². The van der Waals surface area contributed by atoms with E-state index in [4.69, 9.17) is 20.7 Å². The number of nitrogens with two attached hydrogens (primary N) is 2. The maximum absolute atomic E-state index is 11.1. The van der Waals surface area contributed by atoms with Gasteiger partial charge in [-0.25, -0.2) is 13.6 Å². The molecule has 5 N–H and O–H groups in total. The zero-order valence-corrected chi connectivity index (χ0v) is 8.70. The third-order valence-electron chi connectivity index (χ3n) is 1.62. The number of benzene rings is 1. The number of hydrogen-bond donors (Lipinski definition) is 3. The fourth-order valence-electron chi connectivity index (χ4n) is 1.02. The summed E-state index contributed by atoms with van der Waals surface area (Å²) in [6.45, 7) is -0.221. The van der Waals surface area contributed by atoms with Crippen LogP contribution in [-0.2, 0) is 10.0 Å². The van der Waals surface area contributed by atoms with Crippen LogP contribution in [0.1, 0.15) is 0 Å². The van der Waals surface area contributed by atoms with Crippen molar-refractivity contribution >= 4 is 15.7 Å². The summed E-state index contributed by atoms with van der Waals surface area (Å²) in [5.41, 5.74) is 5.70. The first kappa shape index (κ1) is 11.8. The second-order valence-electron chi connectivity index (χ2n) is 2.82. The van der Waals surface area contributed by atoms with Gasteiger partial charge in [-0.2, -0.15) is 0 Å². The fourth-order valence-corrected chi connectivity index (χ4v) is 1.73. The van der Waals surface area contributed by atoms with Crippen LogP contribution in [0.2, 0.25) is 0 Å². The number of anilines is 1. The van der Waals surface area contributed by atoms with E-state index in [1.165, 1.54) is 18.2 Å².